The molecule has 0 aliphatic heterocycles. The predicted molar refractivity (Wildman–Crippen MR) is 116 cm³/mol. The first-order valence-corrected chi connectivity index (χ1v) is 11.3. The van der Waals surface area contributed by atoms with Crippen molar-refractivity contribution in [3.63, 3.8) is 0 Å². The molecule has 0 saturated carbocycles. The molecular weight excluding hydrogens is 312 g/mol. The highest BCUT2D eigenvalue weighted by Gasteiger charge is 2.17. The summed E-state index contributed by atoms with van der Waals surface area (Å²) in [6.45, 7) is 4.61. The predicted octanol–water partition coefficient (Wildman–Crippen LogP) is 8.43. The Kier molecular flexibility index (Phi) is 7.59. The fourth-order valence-electron chi connectivity index (χ4n) is 4.71. The Hall–Kier alpha value is -1.30. The molecular formula is C26H38. The molecule has 142 valence electrons. The molecule has 1 aromatic rings. The van der Waals surface area contributed by atoms with Crippen molar-refractivity contribution >= 4 is 11.1 Å². The molecule has 0 bridgehead atoms. The number of allylic oxidation sites excluding steroid dienone is 4. The minimum absolute atomic E-state index is 0.936. The summed E-state index contributed by atoms with van der Waals surface area (Å²) in [6.07, 6.45) is 21.3. The summed E-state index contributed by atoms with van der Waals surface area (Å²) in [4.78, 5) is 0. The van der Waals surface area contributed by atoms with E-state index in [-0.39, 0.29) is 0 Å². The van der Waals surface area contributed by atoms with Gasteiger partial charge in [-0.3, -0.25) is 0 Å². The summed E-state index contributed by atoms with van der Waals surface area (Å²) in [5, 5.41) is 0. The average Bonchev–Trinajstić information content (AvgIpc) is 2.72. The Morgan fingerprint density at radius 3 is 1.42 bits per heavy atom. The van der Waals surface area contributed by atoms with E-state index in [1.54, 1.807) is 11.1 Å². The van der Waals surface area contributed by atoms with E-state index in [4.69, 9.17) is 0 Å². The molecule has 2 aliphatic carbocycles. The highest BCUT2D eigenvalue weighted by molar-refractivity contribution is 5.71. The second-order valence-corrected chi connectivity index (χ2v) is 8.60. The molecule has 1 aromatic carbocycles. The van der Waals surface area contributed by atoms with Crippen molar-refractivity contribution in [3.8, 4) is 0 Å². The van der Waals surface area contributed by atoms with Crippen molar-refractivity contribution in [1.29, 1.82) is 0 Å². The monoisotopic (exact) mass is 350 g/mol. The zero-order valence-corrected chi connectivity index (χ0v) is 17.1. The van der Waals surface area contributed by atoms with Crippen LogP contribution in [0.4, 0.5) is 0 Å². The molecule has 0 heterocycles. The van der Waals surface area contributed by atoms with Gasteiger partial charge in [0.1, 0.15) is 0 Å². The van der Waals surface area contributed by atoms with Crippen molar-refractivity contribution < 1.29 is 0 Å². The fourth-order valence-corrected chi connectivity index (χ4v) is 4.71. The fraction of sp³-hybridized carbons (Fsp3) is 0.615. The average molecular weight is 351 g/mol. The maximum absolute atomic E-state index is 2.52. The van der Waals surface area contributed by atoms with E-state index in [9.17, 15) is 0 Å². The van der Waals surface area contributed by atoms with Crippen molar-refractivity contribution in [3.05, 3.63) is 47.5 Å². The molecule has 0 amide bonds. The van der Waals surface area contributed by atoms with Gasteiger partial charge in [0.2, 0.25) is 0 Å². The Balaban J connectivity index is 1.56. The highest BCUT2D eigenvalue weighted by atomic mass is 14.2. The van der Waals surface area contributed by atoms with Crippen LogP contribution in [0.25, 0.3) is 11.1 Å². The van der Waals surface area contributed by atoms with Crippen LogP contribution >= 0.6 is 0 Å². The minimum Gasteiger partial charge on any atom is -0.0804 e. The van der Waals surface area contributed by atoms with Crippen LogP contribution in [0.1, 0.15) is 102 Å². The van der Waals surface area contributed by atoms with Crippen LogP contribution in [0.15, 0.2) is 36.4 Å². The Bertz CT molecular complexity index is 546. The minimum atomic E-state index is 0.936. The van der Waals surface area contributed by atoms with Gasteiger partial charge in [0.25, 0.3) is 0 Å². The molecule has 0 saturated heterocycles. The normalized spacial score (nSPS) is 23.5. The lowest BCUT2D eigenvalue weighted by molar-refractivity contribution is 0.433. The topological polar surface area (TPSA) is 0 Å². The summed E-state index contributed by atoms with van der Waals surface area (Å²) < 4.78 is 0. The van der Waals surface area contributed by atoms with E-state index in [1.807, 2.05) is 0 Å². The quantitative estimate of drug-likeness (QED) is 0.441. The molecule has 2 unspecified atom stereocenters. The van der Waals surface area contributed by atoms with E-state index in [0.29, 0.717) is 0 Å². The lowest BCUT2D eigenvalue weighted by Crippen LogP contribution is -2.06. The lowest BCUT2D eigenvalue weighted by atomic mass is 9.82. The third-order valence-corrected chi connectivity index (χ3v) is 6.60. The molecule has 0 nitrogen and oxygen atoms in total. The van der Waals surface area contributed by atoms with Crippen LogP contribution in [0.3, 0.4) is 0 Å². The number of benzene rings is 1. The molecule has 26 heavy (non-hydrogen) atoms. The van der Waals surface area contributed by atoms with Gasteiger partial charge in [0.05, 0.1) is 0 Å². The highest BCUT2D eigenvalue weighted by Crippen LogP contribution is 2.35. The Morgan fingerprint density at radius 2 is 1.12 bits per heavy atom. The van der Waals surface area contributed by atoms with Crippen molar-refractivity contribution in [2.75, 3.05) is 0 Å². The largest absolute Gasteiger partial charge is 0.0804 e. The molecule has 2 aliphatic rings. The number of hydrogen-bond acceptors (Lipinski definition) is 0. The summed E-state index contributed by atoms with van der Waals surface area (Å²) >= 11 is 0. The molecule has 2 atom stereocenters. The maximum Gasteiger partial charge on any atom is -0.0227 e. The first-order chi connectivity index (χ1) is 12.8. The first kappa shape index (κ1) is 19.5. The van der Waals surface area contributed by atoms with E-state index >= 15 is 0 Å². The van der Waals surface area contributed by atoms with Gasteiger partial charge in [-0.05, 0) is 72.6 Å². The van der Waals surface area contributed by atoms with Gasteiger partial charge in [0.15, 0.2) is 0 Å². The molecule has 0 spiro atoms. The summed E-state index contributed by atoms with van der Waals surface area (Å²) in [6, 6.07) is 9.49. The van der Waals surface area contributed by atoms with E-state index in [2.05, 4.69) is 50.3 Å². The van der Waals surface area contributed by atoms with Crippen LogP contribution < -0.4 is 0 Å². The Labute approximate surface area is 161 Å². The zero-order valence-electron chi connectivity index (χ0n) is 17.1. The molecule has 0 fully saturated rings. The molecule has 0 N–H and O–H groups in total. The van der Waals surface area contributed by atoms with Crippen LogP contribution in [0.2, 0.25) is 0 Å². The summed E-state index contributed by atoms with van der Waals surface area (Å²) in [5.74, 6) is 1.87. The number of hydrogen-bond donors (Lipinski definition) is 0. The third kappa shape index (κ3) is 5.35. The van der Waals surface area contributed by atoms with Gasteiger partial charge in [-0.1, -0.05) is 88.8 Å². The van der Waals surface area contributed by atoms with Gasteiger partial charge >= 0.3 is 0 Å². The maximum atomic E-state index is 2.52. The third-order valence-electron chi connectivity index (χ3n) is 6.60. The standard InChI is InChI=1S/C26H38/c1-3-5-7-21-9-13-23(14-10-21)25-17-19-26(20-18-25)24-15-11-22(12-16-24)8-6-4-2/h13,15,17-22H,3-12,14,16H2,1-2H3. The smallest absolute Gasteiger partial charge is 0.0227 e. The molecule has 0 heteroatoms. The van der Waals surface area contributed by atoms with Gasteiger partial charge in [-0.15, -0.1) is 0 Å². The van der Waals surface area contributed by atoms with Crippen LogP contribution in [0.5, 0.6) is 0 Å². The van der Waals surface area contributed by atoms with E-state index in [0.717, 1.165) is 11.8 Å². The van der Waals surface area contributed by atoms with Crippen LogP contribution in [0, 0.1) is 11.8 Å². The second kappa shape index (κ2) is 10.1. The van der Waals surface area contributed by atoms with Crippen molar-refractivity contribution in [2.45, 2.75) is 90.9 Å². The summed E-state index contributed by atoms with van der Waals surface area (Å²) in [5.41, 5.74) is 6.09. The first-order valence-electron chi connectivity index (χ1n) is 11.3. The molecule has 3 rings (SSSR count). The van der Waals surface area contributed by atoms with Crippen molar-refractivity contribution in [2.24, 2.45) is 11.8 Å². The van der Waals surface area contributed by atoms with E-state index in [1.165, 1.54) is 88.2 Å². The van der Waals surface area contributed by atoms with Gasteiger partial charge < -0.3 is 0 Å². The molecule has 0 radical (unpaired) electrons. The van der Waals surface area contributed by atoms with Gasteiger partial charge in [-0.2, -0.15) is 0 Å². The number of rotatable bonds is 8. The lowest BCUT2D eigenvalue weighted by Gasteiger charge is -2.23. The molecule has 0 aromatic heterocycles. The zero-order chi connectivity index (χ0) is 18.2. The van der Waals surface area contributed by atoms with Gasteiger partial charge in [0, 0.05) is 0 Å². The van der Waals surface area contributed by atoms with E-state index < -0.39 is 0 Å². The Morgan fingerprint density at radius 1 is 0.692 bits per heavy atom. The van der Waals surface area contributed by atoms with Crippen LogP contribution in [-0.2, 0) is 0 Å². The SMILES string of the molecule is CCCCC1CC=C(c2ccc(C3=CCC(CCCC)CC3)cc2)CC1. The van der Waals surface area contributed by atoms with Crippen molar-refractivity contribution in [1.82, 2.24) is 0 Å². The number of unbranched alkanes of at least 4 members (excludes halogenated alkanes) is 2. The summed E-state index contributed by atoms with van der Waals surface area (Å²) in [7, 11) is 0. The van der Waals surface area contributed by atoms with Gasteiger partial charge in [-0.25, -0.2) is 0 Å². The second-order valence-electron chi connectivity index (χ2n) is 8.60. The van der Waals surface area contributed by atoms with Crippen LogP contribution in [-0.4, -0.2) is 0 Å².